The molecule has 34 heavy (non-hydrogen) atoms. The molecule has 2 aromatic rings. The number of likely N-dealkylation sites (N-methyl/N-ethyl adjacent to an activating group) is 1. The first-order valence-corrected chi connectivity index (χ1v) is 12.9. The third-order valence-electron chi connectivity index (χ3n) is 7.74. The van der Waals surface area contributed by atoms with Crippen LogP contribution in [0.15, 0.2) is 42.5 Å². The van der Waals surface area contributed by atoms with Crippen LogP contribution in [-0.4, -0.2) is 92.4 Å². The van der Waals surface area contributed by atoms with Crippen LogP contribution in [-0.2, 0) is 19.5 Å². The van der Waals surface area contributed by atoms with Gasteiger partial charge in [0.25, 0.3) is 0 Å². The van der Waals surface area contributed by atoms with Crippen molar-refractivity contribution in [2.75, 3.05) is 71.4 Å². The van der Waals surface area contributed by atoms with E-state index in [2.05, 4.69) is 76.2 Å². The lowest BCUT2D eigenvalue weighted by Gasteiger charge is -2.32. The van der Waals surface area contributed by atoms with E-state index < -0.39 is 0 Å². The van der Waals surface area contributed by atoms with Gasteiger partial charge in [-0.3, -0.25) is 9.80 Å². The van der Waals surface area contributed by atoms with E-state index in [9.17, 15) is 5.11 Å². The van der Waals surface area contributed by atoms with Crippen molar-refractivity contribution in [1.82, 2.24) is 14.7 Å². The first kappa shape index (κ1) is 23.6. The largest absolute Gasteiger partial charge is 0.493 e. The average Bonchev–Trinajstić information content (AvgIpc) is 3.19. The smallest absolute Gasteiger partial charge is 0.121 e. The standard InChI is InChI=1S/C28H40N4O2/c1-29-11-9-22(16-29)21-34-27-8-7-25-18-32(14-13-30(2)28(25)15-27)20-26(33)19-31-12-10-23-5-3-4-6-24(23)17-31/h3-8,15,22,26,33H,9-14,16-21H2,1-2H3/t22?,26-/m1/s1. The molecule has 3 aliphatic heterocycles. The van der Waals surface area contributed by atoms with Crippen molar-refractivity contribution in [1.29, 1.82) is 0 Å². The molecular formula is C28H40N4O2. The highest BCUT2D eigenvalue weighted by Gasteiger charge is 2.24. The molecule has 6 nitrogen and oxygen atoms in total. The number of benzene rings is 2. The second kappa shape index (κ2) is 10.6. The Labute approximate surface area is 204 Å². The summed E-state index contributed by atoms with van der Waals surface area (Å²) in [6.07, 6.45) is 1.96. The predicted molar refractivity (Wildman–Crippen MR) is 138 cm³/mol. The van der Waals surface area contributed by atoms with Gasteiger partial charge in [0, 0.05) is 77.1 Å². The van der Waals surface area contributed by atoms with Gasteiger partial charge in [0.1, 0.15) is 5.75 Å². The molecule has 1 N–H and O–H groups in total. The summed E-state index contributed by atoms with van der Waals surface area (Å²) in [5.41, 5.74) is 5.43. The Bertz CT molecular complexity index is 967. The van der Waals surface area contributed by atoms with Gasteiger partial charge in [-0.15, -0.1) is 0 Å². The normalized spacial score (nSPS) is 22.8. The fraction of sp³-hybridized carbons (Fsp3) is 0.571. The van der Waals surface area contributed by atoms with Crippen LogP contribution in [0, 0.1) is 5.92 Å². The van der Waals surface area contributed by atoms with Crippen LogP contribution in [0.25, 0.3) is 0 Å². The van der Waals surface area contributed by atoms with Crippen LogP contribution in [0.2, 0.25) is 0 Å². The van der Waals surface area contributed by atoms with Gasteiger partial charge in [-0.25, -0.2) is 0 Å². The number of ether oxygens (including phenoxy) is 1. The number of β-amino-alcohol motifs (C(OH)–C–C–N with tert-alkyl or cyclic N) is 1. The molecule has 1 fully saturated rings. The van der Waals surface area contributed by atoms with Gasteiger partial charge in [0.2, 0.25) is 0 Å². The SMILES string of the molecule is CN1CCC(COc2ccc3c(c2)N(C)CCN(C[C@H](O)CN2CCc4ccccc4C2)C3)C1. The molecule has 0 aliphatic carbocycles. The van der Waals surface area contributed by atoms with E-state index in [0.717, 1.165) is 64.6 Å². The van der Waals surface area contributed by atoms with Crippen molar-refractivity contribution in [3.8, 4) is 5.75 Å². The third-order valence-corrected chi connectivity index (χ3v) is 7.74. The van der Waals surface area contributed by atoms with Gasteiger partial charge < -0.3 is 19.6 Å². The van der Waals surface area contributed by atoms with Crippen LogP contribution in [0.1, 0.15) is 23.1 Å². The van der Waals surface area contributed by atoms with Crippen LogP contribution in [0.5, 0.6) is 5.75 Å². The van der Waals surface area contributed by atoms with Gasteiger partial charge in [0.15, 0.2) is 0 Å². The Morgan fingerprint density at radius 3 is 2.47 bits per heavy atom. The van der Waals surface area contributed by atoms with E-state index >= 15 is 0 Å². The van der Waals surface area contributed by atoms with E-state index in [1.54, 1.807) is 0 Å². The van der Waals surface area contributed by atoms with E-state index in [0.29, 0.717) is 12.5 Å². The van der Waals surface area contributed by atoms with Crippen molar-refractivity contribution < 1.29 is 9.84 Å². The first-order valence-electron chi connectivity index (χ1n) is 12.9. The minimum Gasteiger partial charge on any atom is -0.493 e. The molecule has 2 atom stereocenters. The summed E-state index contributed by atoms with van der Waals surface area (Å²) in [7, 11) is 4.35. The third kappa shape index (κ3) is 5.74. The quantitative estimate of drug-likeness (QED) is 0.680. The summed E-state index contributed by atoms with van der Waals surface area (Å²) < 4.78 is 6.18. The lowest BCUT2D eigenvalue weighted by atomic mass is 10.00. The zero-order valence-electron chi connectivity index (χ0n) is 20.8. The molecule has 0 spiro atoms. The number of rotatable bonds is 7. The Morgan fingerprint density at radius 2 is 1.68 bits per heavy atom. The molecule has 1 saturated heterocycles. The summed E-state index contributed by atoms with van der Waals surface area (Å²) >= 11 is 0. The van der Waals surface area contributed by atoms with Crippen LogP contribution < -0.4 is 9.64 Å². The molecule has 3 heterocycles. The van der Waals surface area contributed by atoms with Gasteiger partial charge >= 0.3 is 0 Å². The van der Waals surface area contributed by atoms with Gasteiger partial charge in [0.05, 0.1) is 12.7 Å². The molecule has 0 saturated carbocycles. The summed E-state index contributed by atoms with van der Waals surface area (Å²) in [4.78, 5) is 9.52. The molecule has 5 rings (SSSR count). The number of likely N-dealkylation sites (tertiary alicyclic amines) is 1. The maximum Gasteiger partial charge on any atom is 0.121 e. The Morgan fingerprint density at radius 1 is 0.912 bits per heavy atom. The Kier molecular flexibility index (Phi) is 7.40. The number of aliphatic hydroxyl groups is 1. The minimum absolute atomic E-state index is 0.343. The molecule has 1 unspecified atom stereocenters. The van der Waals surface area contributed by atoms with Crippen molar-refractivity contribution in [2.45, 2.75) is 32.0 Å². The number of hydrogen-bond acceptors (Lipinski definition) is 6. The zero-order valence-corrected chi connectivity index (χ0v) is 20.8. The maximum absolute atomic E-state index is 10.9. The number of fused-ring (bicyclic) bond motifs is 2. The van der Waals surface area contributed by atoms with Gasteiger partial charge in [-0.2, -0.15) is 0 Å². The van der Waals surface area contributed by atoms with E-state index in [1.165, 1.54) is 35.3 Å². The predicted octanol–water partition coefficient (Wildman–Crippen LogP) is 2.69. The maximum atomic E-state index is 10.9. The first-order chi connectivity index (χ1) is 16.5. The van der Waals surface area contributed by atoms with Crippen molar-refractivity contribution in [3.05, 3.63) is 59.2 Å². The summed E-state index contributed by atoms with van der Waals surface area (Å²) in [5.74, 6) is 1.60. The van der Waals surface area contributed by atoms with Crippen LogP contribution >= 0.6 is 0 Å². The molecule has 2 aromatic carbocycles. The highest BCUT2D eigenvalue weighted by atomic mass is 16.5. The van der Waals surface area contributed by atoms with Crippen LogP contribution in [0.4, 0.5) is 5.69 Å². The Hall–Kier alpha value is -2.12. The fourth-order valence-corrected chi connectivity index (χ4v) is 5.75. The monoisotopic (exact) mass is 464 g/mol. The highest BCUT2D eigenvalue weighted by Crippen LogP contribution is 2.29. The van der Waals surface area contributed by atoms with Crippen LogP contribution in [0.3, 0.4) is 0 Å². The fourth-order valence-electron chi connectivity index (χ4n) is 5.75. The summed E-state index contributed by atoms with van der Waals surface area (Å²) in [6, 6.07) is 15.2. The lowest BCUT2D eigenvalue weighted by molar-refractivity contribution is 0.0682. The molecule has 184 valence electrons. The van der Waals surface area contributed by atoms with Crippen molar-refractivity contribution >= 4 is 5.69 Å². The van der Waals surface area contributed by atoms with Gasteiger partial charge in [-0.05, 0) is 49.2 Å². The lowest BCUT2D eigenvalue weighted by Crippen LogP contribution is -2.42. The van der Waals surface area contributed by atoms with Crippen molar-refractivity contribution in [3.63, 3.8) is 0 Å². The van der Waals surface area contributed by atoms with E-state index in [1.807, 2.05) is 0 Å². The molecule has 3 aliphatic rings. The van der Waals surface area contributed by atoms with Crippen molar-refractivity contribution in [2.24, 2.45) is 5.92 Å². The van der Waals surface area contributed by atoms with E-state index in [4.69, 9.17) is 4.74 Å². The summed E-state index contributed by atoms with van der Waals surface area (Å²) in [6.45, 7) is 9.29. The molecule has 0 bridgehead atoms. The zero-order chi connectivity index (χ0) is 23.5. The number of nitrogens with zero attached hydrogens (tertiary/aromatic N) is 4. The molecular weight excluding hydrogens is 424 g/mol. The van der Waals surface area contributed by atoms with Gasteiger partial charge in [-0.1, -0.05) is 30.3 Å². The molecule has 6 heteroatoms. The molecule has 0 aromatic heterocycles. The Balaban J connectivity index is 1.15. The molecule has 0 amide bonds. The number of anilines is 1. The van der Waals surface area contributed by atoms with E-state index in [-0.39, 0.29) is 6.10 Å². The average molecular weight is 465 g/mol. The topological polar surface area (TPSA) is 42.4 Å². The minimum atomic E-state index is -0.343. The highest BCUT2D eigenvalue weighted by molar-refractivity contribution is 5.57. The second-order valence-electron chi connectivity index (χ2n) is 10.6. The number of hydrogen-bond donors (Lipinski definition) is 1. The molecule has 0 radical (unpaired) electrons. The second-order valence-corrected chi connectivity index (χ2v) is 10.6. The number of aliphatic hydroxyl groups excluding tert-OH is 1. The summed E-state index contributed by atoms with van der Waals surface area (Å²) in [5, 5.41) is 10.9.